The lowest BCUT2D eigenvalue weighted by atomic mass is 9.34. The van der Waals surface area contributed by atoms with Gasteiger partial charge in [0, 0.05) is 32.9 Å². The molecule has 70 heavy (non-hydrogen) atoms. The molecule has 11 aromatic carbocycles. The van der Waals surface area contributed by atoms with Crippen LogP contribution in [0.1, 0.15) is 0 Å². The first-order chi connectivity index (χ1) is 34.8. The highest BCUT2D eigenvalue weighted by molar-refractivity contribution is 7.04. The maximum atomic E-state index is 2.67. The Morgan fingerprint density at radius 3 is 1.07 bits per heavy atom. The van der Waals surface area contributed by atoms with Crippen LogP contribution in [0.15, 0.2) is 231 Å². The zero-order valence-electron chi connectivity index (χ0n) is 38.0. The van der Waals surface area contributed by atoms with Crippen LogP contribution in [0.5, 0.6) is 0 Å². The van der Waals surface area contributed by atoms with E-state index in [1.807, 2.05) is 0 Å². The van der Waals surface area contributed by atoms with Gasteiger partial charge in [-0.3, -0.25) is 0 Å². The molecule has 4 aliphatic heterocycles. The molecule has 6 heterocycles. The molecule has 0 amide bonds. The fourth-order valence-corrected chi connectivity index (χ4v) is 13.7. The van der Waals surface area contributed by atoms with Crippen LogP contribution in [0.4, 0.5) is 0 Å². The van der Waals surface area contributed by atoms with Crippen LogP contribution in [0.3, 0.4) is 0 Å². The average molecular weight is 881 g/mol. The summed E-state index contributed by atoms with van der Waals surface area (Å²) in [4.78, 5) is 0. The molecule has 0 saturated carbocycles. The first-order valence-electron chi connectivity index (χ1n) is 24.7. The Hall–Kier alpha value is -8.85. The molecule has 0 aliphatic carbocycles. The Kier molecular flexibility index (Phi) is 7.13. The minimum absolute atomic E-state index is 0.0577. The van der Waals surface area contributed by atoms with E-state index in [0.717, 1.165) is 0 Å². The Bertz CT molecular complexity index is 4170. The van der Waals surface area contributed by atoms with Crippen molar-refractivity contribution in [3.63, 3.8) is 0 Å². The molecule has 318 valence electrons. The minimum Gasteiger partial charge on any atom is -0.310 e. The van der Waals surface area contributed by atoms with E-state index in [9.17, 15) is 0 Å². The van der Waals surface area contributed by atoms with Crippen LogP contribution in [-0.2, 0) is 0 Å². The molecular formula is C66H38B2N2. The maximum Gasteiger partial charge on any atom is 0.248 e. The summed E-state index contributed by atoms with van der Waals surface area (Å²) in [7, 11) is 0. The predicted molar refractivity (Wildman–Crippen MR) is 297 cm³/mol. The Morgan fingerprint density at radius 2 is 0.643 bits per heavy atom. The van der Waals surface area contributed by atoms with Crippen LogP contribution >= 0.6 is 0 Å². The van der Waals surface area contributed by atoms with Gasteiger partial charge in [-0.25, -0.2) is 0 Å². The van der Waals surface area contributed by atoms with E-state index >= 15 is 0 Å². The maximum absolute atomic E-state index is 2.67. The molecule has 0 saturated heterocycles. The Morgan fingerprint density at radius 1 is 0.257 bits per heavy atom. The summed E-state index contributed by atoms with van der Waals surface area (Å²) < 4.78 is 5.34. The van der Waals surface area contributed by atoms with Gasteiger partial charge in [0.05, 0.1) is 22.1 Å². The minimum atomic E-state index is 0.0577. The lowest BCUT2D eigenvalue weighted by Gasteiger charge is -2.31. The largest absolute Gasteiger partial charge is 0.310 e. The second-order valence-corrected chi connectivity index (χ2v) is 19.8. The van der Waals surface area contributed by atoms with Crippen molar-refractivity contribution in [3.8, 4) is 78.1 Å². The fraction of sp³-hybridized carbons (Fsp3) is 0. The molecule has 0 unspecified atom stereocenters. The summed E-state index contributed by atoms with van der Waals surface area (Å²) in [5.74, 6) is 0. The number of rotatable bonds is 4. The van der Waals surface area contributed by atoms with Gasteiger partial charge in [-0.2, -0.15) is 0 Å². The van der Waals surface area contributed by atoms with Crippen molar-refractivity contribution in [2.24, 2.45) is 0 Å². The molecule has 2 nitrogen and oxygen atoms in total. The quantitative estimate of drug-likeness (QED) is 0.156. The molecule has 0 atom stereocenters. The van der Waals surface area contributed by atoms with E-state index in [1.54, 1.807) is 0 Å². The molecule has 0 N–H and O–H groups in total. The number of nitrogens with zero attached hydrogens (tertiary/aromatic N) is 2. The molecule has 0 spiro atoms. The van der Waals surface area contributed by atoms with Crippen LogP contribution in [-0.4, -0.2) is 22.6 Å². The topological polar surface area (TPSA) is 9.86 Å². The Balaban J connectivity index is 1.05. The Labute approximate surface area is 405 Å². The van der Waals surface area contributed by atoms with E-state index in [2.05, 4.69) is 240 Å². The van der Waals surface area contributed by atoms with E-state index in [4.69, 9.17) is 0 Å². The van der Waals surface area contributed by atoms with Crippen molar-refractivity contribution < 1.29 is 0 Å². The first kappa shape index (κ1) is 37.2. The monoisotopic (exact) mass is 880 g/mol. The molecule has 2 aromatic heterocycles. The van der Waals surface area contributed by atoms with Gasteiger partial charge in [-0.1, -0.05) is 211 Å². The molecule has 0 radical (unpaired) electrons. The second-order valence-electron chi connectivity index (χ2n) is 19.8. The highest BCUT2D eigenvalue weighted by Crippen LogP contribution is 2.47. The number of benzene rings is 11. The van der Waals surface area contributed by atoms with Gasteiger partial charge >= 0.3 is 0 Å². The predicted octanol–water partition coefficient (Wildman–Crippen LogP) is 12.2. The average Bonchev–Trinajstić information content (AvgIpc) is 4.16. The van der Waals surface area contributed by atoms with E-state index in [0.29, 0.717) is 0 Å². The lowest BCUT2D eigenvalue weighted by molar-refractivity contribution is 1.15. The van der Waals surface area contributed by atoms with Crippen molar-refractivity contribution in [2.45, 2.75) is 0 Å². The van der Waals surface area contributed by atoms with Gasteiger partial charge in [-0.05, 0) is 119 Å². The summed E-state index contributed by atoms with van der Waals surface area (Å²) in [5, 5.41) is 5.18. The molecular weight excluding hydrogens is 842 g/mol. The van der Waals surface area contributed by atoms with Crippen molar-refractivity contribution in [1.82, 2.24) is 9.13 Å². The van der Waals surface area contributed by atoms with Crippen LogP contribution in [0, 0.1) is 0 Å². The van der Waals surface area contributed by atoms with Crippen molar-refractivity contribution in [1.29, 1.82) is 0 Å². The smallest absolute Gasteiger partial charge is 0.248 e. The van der Waals surface area contributed by atoms with Crippen molar-refractivity contribution in [3.05, 3.63) is 231 Å². The zero-order chi connectivity index (χ0) is 45.3. The second kappa shape index (κ2) is 13.4. The highest BCUT2D eigenvalue weighted by Gasteiger charge is 2.47. The van der Waals surface area contributed by atoms with Gasteiger partial charge in [0.25, 0.3) is 0 Å². The lowest BCUT2D eigenvalue weighted by Crippen LogP contribution is -2.58. The van der Waals surface area contributed by atoms with Crippen LogP contribution in [0.2, 0.25) is 0 Å². The van der Waals surface area contributed by atoms with Crippen molar-refractivity contribution >= 4 is 89.8 Å². The van der Waals surface area contributed by atoms with E-state index < -0.39 is 0 Å². The molecule has 0 fully saturated rings. The number of fused-ring (bicyclic) bond motifs is 18. The third kappa shape index (κ3) is 4.66. The van der Waals surface area contributed by atoms with Crippen LogP contribution in [0.25, 0.3) is 122 Å². The van der Waals surface area contributed by atoms with Crippen LogP contribution < -0.4 is 32.8 Å². The summed E-state index contributed by atoms with van der Waals surface area (Å²) in [5.41, 5.74) is 31.5. The molecule has 17 rings (SSSR count). The summed E-state index contributed by atoms with van der Waals surface area (Å²) in [6.45, 7) is 0.115. The van der Waals surface area contributed by atoms with Gasteiger partial charge in [0.1, 0.15) is 0 Å². The van der Waals surface area contributed by atoms with Gasteiger partial charge in [0.2, 0.25) is 13.4 Å². The zero-order valence-corrected chi connectivity index (χ0v) is 38.0. The third-order valence-electron chi connectivity index (χ3n) is 16.5. The third-order valence-corrected chi connectivity index (χ3v) is 16.5. The molecule has 4 heteroatoms. The first-order valence-corrected chi connectivity index (χ1v) is 24.7. The van der Waals surface area contributed by atoms with E-state index in [1.165, 1.54) is 155 Å². The molecule has 13 aromatic rings. The highest BCUT2D eigenvalue weighted by atomic mass is 15.0. The van der Waals surface area contributed by atoms with Gasteiger partial charge in [0.15, 0.2) is 0 Å². The molecule has 0 bridgehead atoms. The SMILES string of the molecule is c1ccc(-c2ccc3c4cc(-c5ccccc5)c5c6c4n(c3c2)-c2cc3c(cc2B6c2ccccc2-5)B2c4ccccc4-c4c(-c5ccccc5)cc5c6ccc(-c7ccccc7)cc6n-3c5c42)cc1. The van der Waals surface area contributed by atoms with E-state index in [-0.39, 0.29) is 13.4 Å². The van der Waals surface area contributed by atoms with Gasteiger partial charge in [-0.15, -0.1) is 0 Å². The standard InChI is InChI=1S/C66H38B2N2/c1-5-17-39(18-6-1)43-29-31-45-51-35-49(41-21-9-3-10-22-41)61-47-25-13-15-27-53(47)67-55-37-56-60(38-59(55)69(57(45)33-43)65(51)63(61)67)70-58-34-44(40-19-7-2-8-20-40)30-32-46(58)52-36-50(42-23-11-4-12-24-42)62-48-26-14-16-28-54(48)68(56)64(62)66(52)70/h1-38H. The summed E-state index contributed by atoms with van der Waals surface area (Å²) >= 11 is 0. The van der Waals surface area contributed by atoms with Crippen molar-refractivity contribution in [2.75, 3.05) is 0 Å². The normalized spacial score (nSPS) is 13.1. The number of aromatic nitrogens is 2. The van der Waals surface area contributed by atoms with Gasteiger partial charge < -0.3 is 9.13 Å². The molecule has 4 aliphatic rings. The number of hydrogen-bond donors (Lipinski definition) is 0. The summed E-state index contributed by atoms with van der Waals surface area (Å²) in [6, 6.07) is 87.2. The fourth-order valence-electron chi connectivity index (χ4n) is 13.7. The summed E-state index contributed by atoms with van der Waals surface area (Å²) in [6.07, 6.45) is 0. The number of hydrogen-bond acceptors (Lipinski definition) is 0.